The van der Waals surface area contributed by atoms with Gasteiger partial charge in [-0.25, -0.2) is 18.4 Å². The van der Waals surface area contributed by atoms with E-state index in [0.29, 0.717) is 0 Å². The molecule has 0 aliphatic carbocycles. The lowest BCUT2D eigenvalue weighted by Gasteiger charge is -2.06. The molecule has 8 nitrogen and oxygen atoms in total. The number of carbonyl (C=O) groups is 1. The van der Waals surface area contributed by atoms with Gasteiger partial charge in [-0.2, -0.15) is 18.2 Å². The van der Waals surface area contributed by atoms with E-state index < -0.39 is 34.3 Å². The van der Waals surface area contributed by atoms with Crippen molar-refractivity contribution in [2.75, 3.05) is 0 Å². The second-order valence-corrected chi connectivity index (χ2v) is 7.30. The number of halogens is 3. The van der Waals surface area contributed by atoms with Crippen molar-refractivity contribution in [2.24, 2.45) is 5.14 Å². The summed E-state index contributed by atoms with van der Waals surface area (Å²) in [6, 6.07) is 9.08. The van der Waals surface area contributed by atoms with Crippen LogP contribution in [0.15, 0.2) is 57.9 Å². The highest BCUT2D eigenvalue weighted by Crippen LogP contribution is 2.31. The normalized spacial score (nSPS) is 12.0. The van der Waals surface area contributed by atoms with Crippen LogP contribution in [0.3, 0.4) is 0 Å². The largest absolute Gasteiger partial charge is 0.452 e. The van der Waals surface area contributed by atoms with Gasteiger partial charge in [-0.15, -0.1) is 0 Å². The highest BCUT2D eigenvalue weighted by atomic mass is 32.2. The zero-order chi connectivity index (χ0) is 21.2. The molecule has 1 aromatic heterocycles. The minimum atomic E-state index is -4.52. The summed E-state index contributed by atoms with van der Waals surface area (Å²) in [7, 11) is -3.89. The van der Waals surface area contributed by atoms with Gasteiger partial charge in [0, 0.05) is 5.56 Å². The maximum atomic E-state index is 12.8. The molecule has 0 unspecified atom stereocenters. The predicted octanol–water partition coefficient (Wildman–Crippen LogP) is 2.76. The molecule has 3 rings (SSSR count). The van der Waals surface area contributed by atoms with Crippen LogP contribution >= 0.6 is 0 Å². The summed E-state index contributed by atoms with van der Waals surface area (Å²) in [5.74, 6) is -1.03. The molecule has 12 heteroatoms. The third kappa shape index (κ3) is 4.97. The summed E-state index contributed by atoms with van der Waals surface area (Å²) < 4.78 is 70.6. The van der Waals surface area contributed by atoms with Crippen molar-refractivity contribution in [3.63, 3.8) is 0 Å². The molecule has 0 amide bonds. The van der Waals surface area contributed by atoms with Crippen molar-refractivity contribution in [3.05, 3.63) is 65.5 Å². The number of aromatic nitrogens is 2. The van der Waals surface area contributed by atoms with Gasteiger partial charge in [-0.3, -0.25) is 0 Å². The van der Waals surface area contributed by atoms with Crippen LogP contribution in [0.2, 0.25) is 0 Å². The molecule has 0 aliphatic rings. The molecule has 2 N–H and O–H groups in total. The molecule has 1 heterocycles. The van der Waals surface area contributed by atoms with Gasteiger partial charge in [0.15, 0.2) is 6.61 Å². The standard InChI is InChI=1S/C17H12F3N3O5S/c18-17(19,20)12-3-1-2-11(8-12)15-22-14(28-23-15)9-27-16(24)10-4-6-13(7-5-10)29(21,25)26/h1-8H,9H2,(H2,21,25,26). The number of sulfonamides is 1. The van der Waals surface area contributed by atoms with Crippen LogP contribution in [-0.4, -0.2) is 24.5 Å². The number of hydrogen-bond donors (Lipinski definition) is 1. The Hall–Kier alpha value is -3.25. The zero-order valence-electron chi connectivity index (χ0n) is 14.4. The smallest absolute Gasteiger partial charge is 0.416 e. The van der Waals surface area contributed by atoms with Crippen LogP contribution in [0.1, 0.15) is 21.8 Å². The number of nitrogens with two attached hydrogens (primary N) is 1. The quantitative estimate of drug-likeness (QED) is 0.621. The lowest BCUT2D eigenvalue weighted by molar-refractivity contribution is -0.137. The van der Waals surface area contributed by atoms with E-state index in [1.54, 1.807) is 0 Å². The van der Waals surface area contributed by atoms with Gasteiger partial charge in [-0.1, -0.05) is 17.3 Å². The van der Waals surface area contributed by atoms with E-state index in [-0.39, 0.29) is 27.7 Å². The van der Waals surface area contributed by atoms with Crippen molar-refractivity contribution in [1.29, 1.82) is 0 Å². The van der Waals surface area contributed by atoms with E-state index in [0.717, 1.165) is 24.3 Å². The summed E-state index contributed by atoms with van der Waals surface area (Å²) in [5, 5.41) is 8.54. The number of carbonyl (C=O) groups excluding carboxylic acids is 1. The van der Waals surface area contributed by atoms with Gasteiger partial charge < -0.3 is 9.26 Å². The summed E-state index contributed by atoms with van der Waals surface area (Å²) >= 11 is 0. The van der Waals surface area contributed by atoms with Crippen molar-refractivity contribution in [3.8, 4) is 11.4 Å². The first-order valence-electron chi connectivity index (χ1n) is 7.84. The maximum absolute atomic E-state index is 12.8. The van der Waals surface area contributed by atoms with E-state index in [1.165, 1.54) is 24.3 Å². The molecule has 0 fully saturated rings. The molecule has 3 aromatic rings. The number of esters is 1. The van der Waals surface area contributed by atoms with E-state index in [1.807, 2.05) is 0 Å². The van der Waals surface area contributed by atoms with E-state index >= 15 is 0 Å². The first kappa shape index (κ1) is 20.5. The van der Waals surface area contributed by atoms with E-state index in [4.69, 9.17) is 14.4 Å². The molecule has 0 spiro atoms. The molecule has 0 bridgehead atoms. The Labute approximate surface area is 162 Å². The summed E-state index contributed by atoms with van der Waals surface area (Å²) in [6.07, 6.45) is -4.52. The number of alkyl halides is 3. The molecular weight excluding hydrogens is 415 g/mol. The molecule has 29 heavy (non-hydrogen) atoms. The number of hydrogen-bond acceptors (Lipinski definition) is 7. The Morgan fingerprint density at radius 1 is 1.14 bits per heavy atom. The lowest BCUT2D eigenvalue weighted by Crippen LogP contribution is -2.12. The van der Waals surface area contributed by atoms with Crippen molar-refractivity contribution in [1.82, 2.24) is 10.1 Å². The van der Waals surface area contributed by atoms with Crippen molar-refractivity contribution < 1.29 is 35.6 Å². The second-order valence-electron chi connectivity index (χ2n) is 5.74. The lowest BCUT2D eigenvalue weighted by atomic mass is 10.1. The van der Waals surface area contributed by atoms with Crippen LogP contribution < -0.4 is 5.14 Å². The van der Waals surface area contributed by atoms with Gasteiger partial charge in [0.25, 0.3) is 5.89 Å². The third-order valence-electron chi connectivity index (χ3n) is 3.66. The van der Waals surface area contributed by atoms with Crippen LogP contribution in [-0.2, 0) is 27.5 Å². The van der Waals surface area contributed by atoms with Gasteiger partial charge in [0.1, 0.15) is 0 Å². The number of benzene rings is 2. The fraction of sp³-hybridized carbons (Fsp3) is 0.118. The molecule has 2 aromatic carbocycles. The van der Waals surface area contributed by atoms with E-state index in [2.05, 4.69) is 10.1 Å². The van der Waals surface area contributed by atoms with E-state index in [9.17, 15) is 26.4 Å². The third-order valence-corrected chi connectivity index (χ3v) is 4.59. The monoisotopic (exact) mass is 427 g/mol. The number of rotatable bonds is 5. The summed E-state index contributed by atoms with van der Waals surface area (Å²) in [4.78, 5) is 15.7. The number of primary sulfonamides is 1. The predicted molar refractivity (Wildman–Crippen MR) is 91.7 cm³/mol. The van der Waals surface area contributed by atoms with Gasteiger partial charge >= 0.3 is 12.1 Å². The molecular formula is C17H12F3N3O5S. The van der Waals surface area contributed by atoms with Gasteiger partial charge in [-0.05, 0) is 36.4 Å². The minimum Gasteiger partial charge on any atom is -0.452 e. The maximum Gasteiger partial charge on any atom is 0.416 e. The number of nitrogens with zero attached hydrogens (tertiary/aromatic N) is 2. The highest BCUT2D eigenvalue weighted by molar-refractivity contribution is 7.89. The Balaban J connectivity index is 1.67. The van der Waals surface area contributed by atoms with Crippen LogP contribution in [0, 0.1) is 0 Å². The molecule has 152 valence electrons. The van der Waals surface area contributed by atoms with Crippen LogP contribution in [0.25, 0.3) is 11.4 Å². The van der Waals surface area contributed by atoms with Gasteiger partial charge in [0.2, 0.25) is 15.8 Å². The SMILES string of the molecule is NS(=O)(=O)c1ccc(C(=O)OCc2nc(-c3cccc(C(F)(F)F)c3)no2)cc1. The molecule has 0 saturated heterocycles. The zero-order valence-corrected chi connectivity index (χ0v) is 15.2. The van der Waals surface area contributed by atoms with Crippen LogP contribution in [0.4, 0.5) is 13.2 Å². The number of ether oxygens (including phenoxy) is 1. The first-order chi connectivity index (χ1) is 13.5. The Bertz CT molecular complexity index is 1140. The highest BCUT2D eigenvalue weighted by Gasteiger charge is 2.30. The van der Waals surface area contributed by atoms with Crippen molar-refractivity contribution in [2.45, 2.75) is 17.7 Å². The molecule has 0 aliphatic heterocycles. The molecule has 0 atom stereocenters. The Kier molecular flexibility index (Phi) is 5.40. The van der Waals surface area contributed by atoms with Gasteiger partial charge in [0.05, 0.1) is 16.0 Å². The Morgan fingerprint density at radius 3 is 2.45 bits per heavy atom. The van der Waals surface area contributed by atoms with Crippen LogP contribution in [0.5, 0.6) is 0 Å². The fourth-order valence-electron chi connectivity index (χ4n) is 2.26. The molecule has 0 radical (unpaired) electrons. The summed E-state index contributed by atoms with van der Waals surface area (Å²) in [6.45, 7) is -0.429. The Morgan fingerprint density at radius 2 is 1.83 bits per heavy atom. The average Bonchev–Trinajstić information content (AvgIpc) is 3.14. The van der Waals surface area contributed by atoms with Crippen molar-refractivity contribution >= 4 is 16.0 Å². The second kappa shape index (κ2) is 7.64. The minimum absolute atomic E-state index is 0.0509. The average molecular weight is 427 g/mol. The summed E-state index contributed by atoms with van der Waals surface area (Å²) in [5.41, 5.74) is -0.731. The molecule has 0 saturated carbocycles. The topological polar surface area (TPSA) is 125 Å². The fourth-order valence-corrected chi connectivity index (χ4v) is 2.77. The first-order valence-corrected chi connectivity index (χ1v) is 9.39.